The van der Waals surface area contributed by atoms with Crippen molar-refractivity contribution in [2.45, 2.75) is 48.7 Å². The Morgan fingerprint density at radius 3 is 2.39 bits per heavy atom. The minimum absolute atomic E-state index is 0.0806. The number of nitrogens with zero attached hydrogens (tertiary/aromatic N) is 4. The summed E-state index contributed by atoms with van der Waals surface area (Å²) >= 11 is 0.962. The van der Waals surface area contributed by atoms with Gasteiger partial charge in [-0.15, -0.1) is 0 Å². The van der Waals surface area contributed by atoms with E-state index in [1.165, 1.54) is 0 Å². The highest BCUT2D eigenvalue weighted by Crippen LogP contribution is 2.39. The van der Waals surface area contributed by atoms with Crippen molar-refractivity contribution in [3.8, 4) is 11.1 Å². The third-order valence-electron chi connectivity index (χ3n) is 3.85. The number of halogens is 8. The zero-order valence-electron chi connectivity index (χ0n) is 13.8. The van der Waals surface area contributed by atoms with Crippen LogP contribution < -0.4 is 5.56 Å². The Hall–Kier alpha value is -2.12. The van der Waals surface area contributed by atoms with Crippen molar-refractivity contribution in [1.29, 1.82) is 0 Å². The van der Waals surface area contributed by atoms with Crippen molar-refractivity contribution in [3.05, 3.63) is 28.4 Å². The number of fused-ring (bicyclic) bond motifs is 1. The molecule has 0 radical (unpaired) electrons. The molecule has 0 unspecified atom stereocenters. The molecule has 14 heteroatoms. The predicted molar refractivity (Wildman–Crippen MR) is 81.0 cm³/mol. The monoisotopic (exact) mass is 434 g/mol. The van der Waals surface area contributed by atoms with Crippen LogP contribution in [0.2, 0.25) is 0 Å². The molecule has 0 saturated heterocycles. The van der Waals surface area contributed by atoms with Gasteiger partial charge in [0.25, 0.3) is 5.56 Å². The molecule has 2 aromatic rings. The van der Waals surface area contributed by atoms with Crippen molar-refractivity contribution in [2.24, 2.45) is 0 Å². The Balaban J connectivity index is 2.09. The molecule has 1 aliphatic rings. The van der Waals surface area contributed by atoms with Crippen molar-refractivity contribution in [2.75, 3.05) is 0 Å². The van der Waals surface area contributed by atoms with E-state index in [4.69, 9.17) is 0 Å². The van der Waals surface area contributed by atoms with Crippen LogP contribution in [0.25, 0.3) is 11.1 Å². The third-order valence-corrected chi connectivity index (χ3v) is 4.92. The largest absolute Gasteiger partial charge is 0.455 e. The zero-order chi connectivity index (χ0) is 21.1. The highest BCUT2D eigenvalue weighted by molar-refractivity contribution is 7.99. The smallest absolute Gasteiger partial charge is 0.286 e. The molecule has 0 amide bonds. The Labute approximate surface area is 155 Å². The zero-order valence-corrected chi connectivity index (χ0v) is 14.6. The number of alkyl halides is 8. The number of rotatable bonds is 3. The van der Waals surface area contributed by atoms with Gasteiger partial charge in [-0.2, -0.15) is 40.2 Å². The maximum atomic E-state index is 13.4. The minimum atomic E-state index is -5.86. The second-order valence-corrected chi connectivity index (χ2v) is 7.49. The second-order valence-electron chi connectivity index (χ2n) is 6.09. The first kappa shape index (κ1) is 20.6. The predicted octanol–water partition coefficient (Wildman–Crippen LogP) is 3.82. The lowest BCUT2D eigenvalue weighted by Gasteiger charge is -2.19. The first-order valence-corrected chi connectivity index (χ1v) is 8.45. The van der Waals surface area contributed by atoms with Gasteiger partial charge in [-0.3, -0.25) is 14.0 Å². The van der Waals surface area contributed by atoms with Crippen molar-refractivity contribution in [3.63, 3.8) is 0 Å². The summed E-state index contributed by atoms with van der Waals surface area (Å²) in [6.07, 6.45) is -9.75. The molecule has 3 rings (SSSR count). The Morgan fingerprint density at radius 1 is 1.18 bits per heavy atom. The molecule has 0 fully saturated rings. The van der Waals surface area contributed by atoms with Crippen LogP contribution in [-0.2, 0) is 19.3 Å². The van der Waals surface area contributed by atoms with Crippen LogP contribution in [-0.4, -0.2) is 36.7 Å². The van der Waals surface area contributed by atoms with E-state index in [2.05, 4.69) is 10.1 Å². The molecule has 0 bridgehead atoms. The summed E-state index contributed by atoms with van der Waals surface area (Å²) in [7, 11) is 0. The van der Waals surface area contributed by atoms with Crippen LogP contribution >= 0.6 is 11.8 Å². The van der Waals surface area contributed by atoms with Crippen molar-refractivity contribution < 1.29 is 35.1 Å². The van der Waals surface area contributed by atoms with E-state index < -0.39 is 47.2 Å². The van der Waals surface area contributed by atoms with Crippen molar-refractivity contribution >= 4 is 11.8 Å². The molecule has 1 atom stereocenters. The average Bonchev–Trinajstić information content (AvgIpc) is 3.10. The fourth-order valence-corrected chi connectivity index (χ4v) is 3.61. The molecule has 0 aromatic carbocycles. The molecule has 1 aliphatic heterocycles. The van der Waals surface area contributed by atoms with Crippen molar-refractivity contribution in [1.82, 2.24) is 19.3 Å². The summed E-state index contributed by atoms with van der Waals surface area (Å²) in [4.78, 5) is 16.0. The Kier molecular flexibility index (Phi) is 4.75. The van der Waals surface area contributed by atoms with Gasteiger partial charge in [0, 0.05) is 23.6 Å². The molecule has 5 nitrogen and oxygen atoms in total. The van der Waals surface area contributed by atoms with Crippen LogP contribution in [0.1, 0.15) is 12.6 Å². The fraction of sp³-hybridized carbons (Fsp3) is 0.500. The second kappa shape index (κ2) is 6.46. The Bertz CT molecular complexity index is 962. The summed E-state index contributed by atoms with van der Waals surface area (Å²) < 4.78 is 105. The number of thioether (sulfide) groups is 1. The van der Waals surface area contributed by atoms with Gasteiger partial charge in [0.15, 0.2) is 10.9 Å². The maximum absolute atomic E-state index is 13.4. The lowest BCUT2D eigenvalue weighted by atomic mass is 10.1. The van der Waals surface area contributed by atoms with Gasteiger partial charge in [-0.05, 0) is 0 Å². The van der Waals surface area contributed by atoms with E-state index in [9.17, 15) is 39.9 Å². The first-order valence-electron chi connectivity index (χ1n) is 7.57. The molecule has 0 saturated carbocycles. The van der Waals surface area contributed by atoms with E-state index in [-0.39, 0.29) is 21.6 Å². The van der Waals surface area contributed by atoms with Gasteiger partial charge >= 0.3 is 18.3 Å². The molecular formula is C14H10F8N4OS. The van der Waals surface area contributed by atoms with E-state index in [0.717, 1.165) is 16.3 Å². The summed E-state index contributed by atoms with van der Waals surface area (Å²) in [6, 6.07) is 0. The SMILES string of the molecule is C[C@@H]1Cn2c(nc(C(F)(F)F)c(-c3cnn(CC(F)(F)C(F)(F)F)c3)c2=O)S1. The molecule has 0 aliphatic carbocycles. The van der Waals surface area contributed by atoms with Gasteiger partial charge in [0.1, 0.15) is 6.54 Å². The highest BCUT2D eigenvalue weighted by Gasteiger charge is 2.57. The maximum Gasteiger partial charge on any atom is 0.455 e. The summed E-state index contributed by atoms with van der Waals surface area (Å²) in [5.41, 5.74) is -4.13. The molecule has 3 heterocycles. The van der Waals surface area contributed by atoms with Crippen LogP contribution in [0.4, 0.5) is 35.1 Å². The summed E-state index contributed by atoms with van der Waals surface area (Å²) in [5, 5.41) is 2.89. The number of hydrogen-bond donors (Lipinski definition) is 0. The van der Waals surface area contributed by atoms with Crippen LogP contribution in [0.5, 0.6) is 0 Å². The Morgan fingerprint density at radius 2 is 1.82 bits per heavy atom. The lowest BCUT2D eigenvalue weighted by molar-refractivity contribution is -0.287. The molecule has 28 heavy (non-hydrogen) atoms. The summed E-state index contributed by atoms with van der Waals surface area (Å²) in [6.45, 7) is -0.190. The van der Waals surface area contributed by atoms with E-state index >= 15 is 0 Å². The summed E-state index contributed by atoms with van der Waals surface area (Å²) in [5.74, 6) is -5.15. The molecule has 0 spiro atoms. The van der Waals surface area contributed by atoms with Gasteiger partial charge in [0.05, 0.1) is 11.8 Å². The highest BCUT2D eigenvalue weighted by atomic mass is 32.2. The van der Waals surface area contributed by atoms with Gasteiger partial charge in [-0.25, -0.2) is 4.98 Å². The number of hydrogen-bond acceptors (Lipinski definition) is 4. The average molecular weight is 434 g/mol. The lowest BCUT2D eigenvalue weighted by Crippen LogP contribution is -2.40. The molecular weight excluding hydrogens is 424 g/mol. The normalized spacial score (nSPS) is 17.8. The topological polar surface area (TPSA) is 52.7 Å². The standard InChI is InChI=1S/C14H10F8N4OS/c1-6-3-26-10(27)8(9(13(17,18)19)24-11(26)28-6)7-2-23-25(4-7)5-12(15,16)14(20,21)22/h2,4,6H,3,5H2,1H3/t6-/m1/s1. The van der Waals surface area contributed by atoms with E-state index in [1.54, 1.807) is 6.92 Å². The third kappa shape index (κ3) is 3.61. The van der Waals surface area contributed by atoms with Gasteiger partial charge in [0.2, 0.25) is 0 Å². The van der Waals surface area contributed by atoms with E-state index in [0.29, 0.717) is 12.4 Å². The van der Waals surface area contributed by atoms with E-state index in [1.807, 2.05) is 0 Å². The first-order chi connectivity index (χ1) is 12.7. The molecule has 0 N–H and O–H groups in total. The molecule has 154 valence electrons. The fourth-order valence-electron chi connectivity index (χ4n) is 2.60. The quantitative estimate of drug-likeness (QED) is 0.545. The molecule has 2 aromatic heterocycles. The van der Waals surface area contributed by atoms with Crippen LogP contribution in [0.15, 0.2) is 22.3 Å². The van der Waals surface area contributed by atoms with Gasteiger partial charge in [-0.1, -0.05) is 18.7 Å². The van der Waals surface area contributed by atoms with Gasteiger partial charge < -0.3 is 0 Å². The van der Waals surface area contributed by atoms with Crippen LogP contribution in [0, 0.1) is 0 Å². The van der Waals surface area contributed by atoms with Crippen LogP contribution in [0.3, 0.4) is 0 Å². The minimum Gasteiger partial charge on any atom is -0.286 e. The number of aromatic nitrogens is 4.